The zero-order valence-corrected chi connectivity index (χ0v) is 31.8. The summed E-state index contributed by atoms with van der Waals surface area (Å²) in [5.41, 5.74) is -1.41. The van der Waals surface area contributed by atoms with Crippen LogP contribution in [0, 0.1) is 0 Å². The van der Waals surface area contributed by atoms with Crippen molar-refractivity contribution in [3.63, 3.8) is 0 Å². The SMILES string of the molecule is CCCCCCCCCCCCCCCCCC(=O)O[C@@]1(C(=O)CCCCCCCCCCCCCCCCC)CO[C@@H]2[C@H](O)CO[C@@H]21. The van der Waals surface area contributed by atoms with Crippen molar-refractivity contribution in [2.24, 2.45) is 0 Å². The summed E-state index contributed by atoms with van der Waals surface area (Å²) in [6.45, 7) is 4.64. The number of fused-ring (bicyclic) bond motifs is 1. The normalized spacial score (nSPS) is 21.9. The number of esters is 1. The van der Waals surface area contributed by atoms with Crippen LogP contribution in [0.5, 0.6) is 0 Å². The summed E-state index contributed by atoms with van der Waals surface area (Å²) in [6, 6.07) is 0. The van der Waals surface area contributed by atoms with E-state index in [2.05, 4.69) is 13.8 Å². The van der Waals surface area contributed by atoms with Gasteiger partial charge in [0.2, 0.25) is 5.60 Å². The van der Waals surface area contributed by atoms with Crippen LogP contribution >= 0.6 is 0 Å². The zero-order valence-electron chi connectivity index (χ0n) is 31.8. The number of carbonyl (C=O) groups is 2. The highest BCUT2D eigenvalue weighted by atomic mass is 16.6. The lowest BCUT2D eigenvalue weighted by Gasteiger charge is -2.31. The molecule has 1 N–H and O–H groups in total. The fraction of sp³-hybridized carbons (Fsp3) is 0.952. The number of Topliss-reactive ketones (excluding diaryl/α,β-unsaturated/α-hetero) is 1. The predicted octanol–water partition coefficient (Wildman–Crippen LogP) is 11.5. The number of hydrogen-bond donors (Lipinski definition) is 1. The van der Waals surface area contributed by atoms with Crippen LogP contribution in [0.4, 0.5) is 0 Å². The number of rotatable bonds is 34. The van der Waals surface area contributed by atoms with Gasteiger partial charge in [0.1, 0.15) is 18.3 Å². The summed E-state index contributed by atoms with van der Waals surface area (Å²) in [6.07, 6.45) is 36.8. The lowest BCUT2D eigenvalue weighted by Crippen LogP contribution is -2.54. The maximum absolute atomic E-state index is 13.6. The van der Waals surface area contributed by atoms with Gasteiger partial charge in [0, 0.05) is 12.8 Å². The van der Waals surface area contributed by atoms with Gasteiger partial charge in [-0.25, -0.2) is 0 Å². The van der Waals surface area contributed by atoms with Crippen LogP contribution in [0.1, 0.15) is 219 Å². The molecule has 2 aliphatic rings. The molecule has 0 aromatic heterocycles. The van der Waals surface area contributed by atoms with Gasteiger partial charge in [-0.05, 0) is 12.8 Å². The van der Waals surface area contributed by atoms with E-state index in [1.165, 1.54) is 154 Å². The largest absolute Gasteiger partial charge is 0.446 e. The van der Waals surface area contributed by atoms with E-state index in [4.69, 9.17) is 14.2 Å². The molecule has 2 saturated heterocycles. The Kier molecular flexibility index (Phi) is 25.8. The number of ketones is 1. The second kappa shape index (κ2) is 28.7. The number of carbonyl (C=O) groups excluding carboxylic acids is 2. The van der Waals surface area contributed by atoms with Crippen molar-refractivity contribution in [3.05, 3.63) is 0 Å². The van der Waals surface area contributed by atoms with E-state index < -0.39 is 23.9 Å². The number of aliphatic hydroxyl groups is 1. The highest BCUT2D eigenvalue weighted by Crippen LogP contribution is 2.39. The van der Waals surface area contributed by atoms with Crippen molar-refractivity contribution in [2.75, 3.05) is 13.2 Å². The number of unbranched alkanes of at least 4 members (excludes halogenated alkanes) is 28. The van der Waals surface area contributed by atoms with Crippen molar-refractivity contribution in [1.82, 2.24) is 0 Å². The monoisotopic (exact) mass is 679 g/mol. The number of aliphatic hydroxyl groups excluding tert-OH is 1. The maximum Gasteiger partial charge on any atom is 0.306 e. The van der Waals surface area contributed by atoms with Crippen LogP contribution < -0.4 is 0 Å². The van der Waals surface area contributed by atoms with Crippen LogP contribution in [-0.4, -0.2) is 54.0 Å². The first-order valence-corrected chi connectivity index (χ1v) is 21.2. The van der Waals surface area contributed by atoms with Gasteiger partial charge in [0.05, 0.1) is 13.2 Å². The Hall–Kier alpha value is -0.980. The van der Waals surface area contributed by atoms with Gasteiger partial charge in [0.25, 0.3) is 0 Å². The molecular formula is C42H78O6. The lowest BCUT2D eigenvalue weighted by molar-refractivity contribution is -0.178. The van der Waals surface area contributed by atoms with Crippen molar-refractivity contribution in [3.8, 4) is 0 Å². The number of hydrogen-bond acceptors (Lipinski definition) is 6. The maximum atomic E-state index is 13.6. The number of ether oxygens (including phenoxy) is 3. The Balaban J connectivity index is 1.54. The van der Waals surface area contributed by atoms with E-state index in [1.54, 1.807) is 0 Å². The first-order valence-electron chi connectivity index (χ1n) is 21.2. The quantitative estimate of drug-likeness (QED) is 0.0539. The average Bonchev–Trinajstić information content (AvgIpc) is 3.65. The summed E-state index contributed by atoms with van der Waals surface area (Å²) in [5, 5.41) is 10.3. The fourth-order valence-corrected chi connectivity index (χ4v) is 7.64. The van der Waals surface area contributed by atoms with Crippen LogP contribution in [0.2, 0.25) is 0 Å². The van der Waals surface area contributed by atoms with Crippen molar-refractivity contribution < 1.29 is 28.9 Å². The fourth-order valence-electron chi connectivity index (χ4n) is 7.64. The Morgan fingerprint density at radius 2 is 0.896 bits per heavy atom. The molecule has 0 amide bonds. The van der Waals surface area contributed by atoms with E-state index in [9.17, 15) is 14.7 Å². The summed E-state index contributed by atoms with van der Waals surface area (Å²) in [7, 11) is 0. The highest BCUT2D eigenvalue weighted by molar-refractivity contribution is 5.91. The lowest BCUT2D eigenvalue weighted by atomic mass is 9.88. The Bertz CT molecular complexity index is 786. The van der Waals surface area contributed by atoms with E-state index in [0.29, 0.717) is 12.8 Å². The topological polar surface area (TPSA) is 82.1 Å². The molecule has 6 nitrogen and oxygen atoms in total. The van der Waals surface area contributed by atoms with Crippen molar-refractivity contribution in [2.45, 2.75) is 243 Å². The van der Waals surface area contributed by atoms with E-state index in [1.807, 2.05) is 0 Å². The van der Waals surface area contributed by atoms with Gasteiger partial charge in [-0.2, -0.15) is 0 Å². The summed E-state index contributed by atoms with van der Waals surface area (Å²) in [5.74, 6) is -0.451. The third kappa shape index (κ3) is 18.3. The van der Waals surface area contributed by atoms with Gasteiger partial charge in [-0.15, -0.1) is 0 Å². The zero-order chi connectivity index (χ0) is 34.5. The molecule has 0 saturated carbocycles. The van der Waals surface area contributed by atoms with Crippen LogP contribution in [-0.2, 0) is 23.8 Å². The summed E-state index contributed by atoms with van der Waals surface area (Å²) < 4.78 is 17.6. The molecule has 2 aliphatic heterocycles. The average molecular weight is 679 g/mol. The molecule has 0 spiro atoms. The van der Waals surface area contributed by atoms with Crippen LogP contribution in [0.3, 0.4) is 0 Å². The van der Waals surface area contributed by atoms with Gasteiger partial charge in [-0.1, -0.05) is 194 Å². The molecule has 2 rings (SSSR count). The van der Waals surface area contributed by atoms with E-state index >= 15 is 0 Å². The van der Waals surface area contributed by atoms with Crippen molar-refractivity contribution >= 4 is 11.8 Å². The molecule has 2 heterocycles. The van der Waals surface area contributed by atoms with Crippen molar-refractivity contribution in [1.29, 1.82) is 0 Å². The minimum Gasteiger partial charge on any atom is -0.446 e. The highest BCUT2D eigenvalue weighted by Gasteiger charge is 2.62. The van der Waals surface area contributed by atoms with Gasteiger partial charge in [-0.3, -0.25) is 9.59 Å². The molecule has 0 bridgehead atoms. The molecule has 0 unspecified atom stereocenters. The summed E-state index contributed by atoms with van der Waals surface area (Å²) in [4.78, 5) is 26.6. The Labute approximate surface area is 296 Å². The Morgan fingerprint density at radius 3 is 1.29 bits per heavy atom. The molecule has 4 atom stereocenters. The van der Waals surface area contributed by atoms with Crippen LogP contribution in [0.15, 0.2) is 0 Å². The molecule has 6 heteroatoms. The molecule has 2 fully saturated rings. The molecular weight excluding hydrogens is 600 g/mol. The van der Waals surface area contributed by atoms with Crippen LogP contribution in [0.25, 0.3) is 0 Å². The van der Waals surface area contributed by atoms with Gasteiger partial charge < -0.3 is 19.3 Å². The third-order valence-corrected chi connectivity index (χ3v) is 10.8. The van der Waals surface area contributed by atoms with Gasteiger partial charge >= 0.3 is 5.97 Å². The molecule has 0 aliphatic carbocycles. The molecule has 0 aromatic rings. The summed E-state index contributed by atoms with van der Waals surface area (Å²) >= 11 is 0. The second-order valence-corrected chi connectivity index (χ2v) is 15.3. The standard InChI is InChI=1S/C42H78O6/c1-3-5-7-9-11-13-15-17-19-21-23-25-27-29-31-33-38(44)42(36-47-40-37(43)35-46-41(40)42)48-39(45)34-32-30-28-26-24-22-20-18-16-14-12-10-8-6-4-2/h37,40-41,43H,3-36H2,1-2H3/t37-,40-,41+,42-/m1/s1. The van der Waals surface area contributed by atoms with E-state index in [0.717, 1.165) is 38.5 Å². The first-order chi connectivity index (χ1) is 23.5. The molecule has 48 heavy (non-hydrogen) atoms. The molecule has 282 valence electrons. The third-order valence-electron chi connectivity index (χ3n) is 10.8. The van der Waals surface area contributed by atoms with E-state index in [-0.39, 0.29) is 25.0 Å². The smallest absolute Gasteiger partial charge is 0.306 e. The predicted molar refractivity (Wildman–Crippen MR) is 198 cm³/mol. The minimum atomic E-state index is -1.41. The Morgan fingerprint density at radius 1 is 0.542 bits per heavy atom. The van der Waals surface area contributed by atoms with Gasteiger partial charge in [0.15, 0.2) is 5.78 Å². The minimum absolute atomic E-state index is 0.0123. The molecule has 0 aromatic carbocycles. The second-order valence-electron chi connectivity index (χ2n) is 15.3. The molecule has 0 radical (unpaired) electrons. The first kappa shape index (κ1) is 43.2.